The zero-order valence-electron chi connectivity index (χ0n) is 13.8. The Balaban J connectivity index is 0.000000261. The van der Waals surface area contributed by atoms with Crippen LogP contribution in [0.2, 0.25) is 0 Å². The molecular formula is C17H26N2O3. The van der Waals surface area contributed by atoms with Gasteiger partial charge in [0.1, 0.15) is 5.60 Å². The third kappa shape index (κ3) is 6.61. The number of rotatable bonds is 1. The second kappa shape index (κ2) is 7.82. The van der Waals surface area contributed by atoms with Crippen LogP contribution in [-0.2, 0) is 9.53 Å². The Morgan fingerprint density at radius 2 is 1.86 bits per heavy atom. The van der Waals surface area contributed by atoms with E-state index in [0.29, 0.717) is 12.3 Å². The average Bonchev–Trinajstić information content (AvgIpc) is 2.37. The first kappa shape index (κ1) is 18.0. The van der Waals surface area contributed by atoms with Gasteiger partial charge in [0.25, 0.3) is 0 Å². The second-order valence-corrected chi connectivity index (χ2v) is 6.45. The van der Waals surface area contributed by atoms with Gasteiger partial charge in [0.2, 0.25) is 5.91 Å². The number of amides is 2. The van der Waals surface area contributed by atoms with Crippen molar-refractivity contribution >= 4 is 12.0 Å². The summed E-state index contributed by atoms with van der Waals surface area (Å²) in [5.74, 6) is 0.665. The number of carbonyl (C=O) groups excluding carboxylic acids is 2. The van der Waals surface area contributed by atoms with Crippen molar-refractivity contribution in [3.63, 3.8) is 0 Å². The normalized spacial score (nSPS) is 21.2. The van der Waals surface area contributed by atoms with E-state index in [9.17, 15) is 9.59 Å². The fraction of sp³-hybridized carbons (Fsp3) is 0.529. The number of nitrogens with one attached hydrogen (secondary N) is 1. The highest BCUT2D eigenvalue weighted by Gasteiger charge is 2.25. The molecule has 5 nitrogen and oxygen atoms in total. The van der Waals surface area contributed by atoms with Crippen LogP contribution in [0.1, 0.15) is 52.0 Å². The summed E-state index contributed by atoms with van der Waals surface area (Å²) in [6.45, 7) is 7.36. The summed E-state index contributed by atoms with van der Waals surface area (Å²) < 4.78 is 4.58. The SMILES string of the molecule is CC(C)(C)OC(N)=O.CC1NC(=O)CCC1c1ccccc1. The summed E-state index contributed by atoms with van der Waals surface area (Å²) in [5.41, 5.74) is 5.60. The maximum absolute atomic E-state index is 11.1. The van der Waals surface area contributed by atoms with Crippen LogP contribution in [0.5, 0.6) is 0 Å². The van der Waals surface area contributed by atoms with Crippen molar-refractivity contribution in [1.29, 1.82) is 0 Å². The molecule has 0 saturated carbocycles. The lowest BCUT2D eigenvalue weighted by Gasteiger charge is -2.29. The fourth-order valence-corrected chi connectivity index (χ4v) is 2.42. The minimum absolute atomic E-state index is 0.185. The molecule has 0 aromatic heterocycles. The maximum Gasteiger partial charge on any atom is 0.405 e. The van der Waals surface area contributed by atoms with Crippen LogP contribution in [0.3, 0.4) is 0 Å². The minimum atomic E-state index is -0.725. The Morgan fingerprint density at radius 3 is 2.27 bits per heavy atom. The monoisotopic (exact) mass is 306 g/mol. The Labute approximate surface area is 132 Å². The quantitative estimate of drug-likeness (QED) is 0.837. The van der Waals surface area contributed by atoms with E-state index in [1.807, 2.05) is 6.07 Å². The van der Waals surface area contributed by atoms with Crippen molar-refractivity contribution in [3.05, 3.63) is 35.9 Å². The van der Waals surface area contributed by atoms with Crippen LogP contribution in [0.4, 0.5) is 4.79 Å². The smallest absolute Gasteiger partial charge is 0.405 e. The van der Waals surface area contributed by atoms with Crippen LogP contribution in [0, 0.1) is 0 Å². The van der Waals surface area contributed by atoms with Gasteiger partial charge in [-0.15, -0.1) is 0 Å². The molecule has 2 amide bonds. The number of hydrogen-bond donors (Lipinski definition) is 2. The molecule has 3 N–H and O–H groups in total. The van der Waals surface area contributed by atoms with Crippen LogP contribution in [0.25, 0.3) is 0 Å². The summed E-state index contributed by atoms with van der Waals surface area (Å²) in [7, 11) is 0. The van der Waals surface area contributed by atoms with Crippen molar-refractivity contribution < 1.29 is 14.3 Å². The van der Waals surface area contributed by atoms with Crippen molar-refractivity contribution in [1.82, 2.24) is 5.32 Å². The molecule has 2 atom stereocenters. The van der Waals surface area contributed by atoms with E-state index in [1.165, 1.54) is 5.56 Å². The first-order chi connectivity index (χ1) is 10.2. The van der Waals surface area contributed by atoms with Gasteiger partial charge in [0.15, 0.2) is 0 Å². The highest BCUT2D eigenvalue weighted by atomic mass is 16.6. The van der Waals surface area contributed by atoms with Crippen LogP contribution in [-0.4, -0.2) is 23.6 Å². The zero-order chi connectivity index (χ0) is 16.8. The summed E-state index contributed by atoms with van der Waals surface area (Å²) in [6.07, 6.45) is 0.901. The molecule has 1 fully saturated rings. The number of hydrogen-bond acceptors (Lipinski definition) is 3. The number of primary amides is 1. The lowest BCUT2D eigenvalue weighted by atomic mass is 9.85. The second-order valence-electron chi connectivity index (χ2n) is 6.45. The average molecular weight is 306 g/mol. The topological polar surface area (TPSA) is 81.4 Å². The first-order valence-corrected chi connectivity index (χ1v) is 7.52. The van der Waals surface area contributed by atoms with Gasteiger partial charge in [-0.25, -0.2) is 4.79 Å². The van der Waals surface area contributed by atoms with E-state index in [1.54, 1.807) is 20.8 Å². The summed E-state index contributed by atoms with van der Waals surface area (Å²) in [6, 6.07) is 10.7. The largest absolute Gasteiger partial charge is 0.444 e. The van der Waals surface area contributed by atoms with E-state index < -0.39 is 11.7 Å². The van der Waals surface area contributed by atoms with Gasteiger partial charge < -0.3 is 15.8 Å². The summed E-state index contributed by atoms with van der Waals surface area (Å²) in [4.78, 5) is 21.2. The molecule has 0 spiro atoms. The molecule has 122 valence electrons. The highest BCUT2D eigenvalue weighted by Crippen LogP contribution is 2.27. The first-order valence-electron chi connectivity index (χ1n) is 7.52. The minimum Gasteiger partial charge on any atom is -0.444 e. The molecule has 22 heavy (non-hydrogen) atoms. The van der Waals surface area contributed by atoms with E-state index in [2.05, 4.69) is 41.2 Å². The zero-order valence-corrected chi connectivity index (χ0v) is 13.8. The molecule has 0 bridgehead atoms. The number of piperidine rings is 1. The van der Waals surface area contributed by atoms with E-state index in [-0.39, 0.29) is 11.9 Å². The molecule has 0 radical (unpaired) electrons. The number of carbonyl (C=O) groups is 2. The van der Waals surface area contributed by atoms with Crippen molar-refractivity contribution in [2.24, 2.45) is 5.73 Å². The lowest BCUT2D eigenvalue weighted by Crippen LogP contribution is -2.41. The van der Waals surface area contributed by atoms with Gasteiger partial charge in [0.05, 0.1) is 0 Å². The number of benzene rings is 1. The fourth-order valence-electron chi connectivity index (χ4n) is 2.42. The van der Waals surface area contributed by atoms with Crippen LogP contribution in [0.15, 0.2) is 30.3 Å². The Kier molecular flexibility index (Phi) is 6.40. The molecule has 5 heteroatoms. The number of ether oxygens (including phenoxy) is 1. The molecular weight excluding hydrogens is 280 g/mol. The molecule has 1 saturated heterocycles. The Bertz CT molecular complexity index is 494. The molecule has 2 unspecified atom stereocenters. The van der Waals surface area contributed by atoms with E-state index in [4.69, 9.17) is 5.73 Å². The van der Waals surface area contributed by atoms with Gasteiger partial charge in [-0.05, 0) is 39.7 Å². The Morgan fingerprint density at radius 1 is 1.27 bits per heavy atom. The van der Waals surface area contributed by atoms with Gasteiger partial charge in [0, 0.05) is 18.4 Å². The predicted molar refractivity (Wildman–Crippen MR) is 86.4 cm³/mol. The molecule has 1 aromatic rings. The third-order valence-electron chi connectivity index (χ3n) is 3.31. The molecule has 1 aliphatic rings. The highest BCUT2D eigenvalue weighted by molar-refractivity contribution is 5.77. The van der Waals surface area contributed by atoms with E-state index in [0.717, 1.165) is 6.42 Å². The molecule has 2 rings (SSSR count). The molecule has 1 aromatic carbocycles. The summed E-state index contributed by atoms with van der Waals surface area (Å²) in [5, 5.41) is 2.99. The van der Waals surface area contributed by atoms with Gasteiger partial charge in [-0.1, -0.05) is 30.3 Å². The van der Waals surface area contributed by atoms with Crippen LogP contribution < -0.4 is 11.1 Å². The van der Waals surface area contributed by atoms with E-state index >= 15 is 0 Å². The van der Waals surface area contributed by atoms with Crippen LogP contribution >= 0.6 is 0 Å². The van der Waals surface area contributed by atoms with Crippen molar-refractivity contribution in [3.8, 4) is 0 Å². The number of nitrogens with two attached hydrogens (primary N) is 1. The lowest BCUT2D eigenvalue weighted by molar-refractivity contribution is -0.123. The van der Waals surface area contributed by atoms with Crippen molar-refractivity contribution in [2.75, 3.05) is 0 Å². The van der Waals surface area contributed by atoms with Gasteiger partial charge in [-0.2, -0.15) is 0 Å². The Hall–Kier alpha value is -2.04. The maximum atomic E-state index is 11.1. The van der Waals surface area contributed by atoms with Crippen molar-refractivity contribution in [2.45, 2.75) is 58.1 Å². The summed E-state index contributed by atoms with van der Waals surface area (Å²) >= 11 is 0. The third-order valence-corrected chi connectivity index (χ3v) is 3.31. The molecule has 0 aliphatic carbocycles. The molecule has 1 heterocycles. The van der Waals surface area contributed by atoms with Gasteiger partial charge in [-0.3, -0.25) is 4.79 Å². The van der Waals surface area contributed by atoms with Gasteiger partial charge >= 0.3 is 6.09 Å². The standard InChI is InChI=1S/C12H15NO.C5H11NO2/c1-9-11(7-8-12(14)13-9)10-5-3-2-4-6-10;1-5(2,3)8-4(6)7/h2-6,9,11H,7-8H2,1H3,(H,13,14);1-3H3,(H2,6,7). The molecule has 1 aliphatic heterocycles. The predicted octanol–water partition coefficient (Wildman–Crippen LogP) is 2.95.